The molecule has 0 amide bonds. The summed E-state index contributed by atoms with van der Waals surface area (Å²) in [6.45, 7) is 0.106. The normalized spacial score (nSPS) is 16.0. The zero-order valence-corrected chi connectivity index (χ0v) is 19.6. The van der Waals surface area contributed by atoms with Crippen molar-refractivity contribution in [3.05, 3.63) is 80.5 Å². The van der Waals surface area contributed by atoms with E-state index in [9.17, 15) is 13.2 Å². The fraction of sp³-hybridized carbons (Fsp3) is 0.136. The lowest BCUT2D eigenvalue weighted by Gasteiger charge is -2.29. The van der Waals surface area contributed by atoms with E-state index >= 15 is 0 Å². The molecule has 0 radical (unpaired) electrons. The molecule has 0 saturated heterocycles. The van der Waals surface area contributed by atoms with Gasteiger partial charge in [-0.15, -0.1) is 11.3 Å². The van der Waals surface area contributed by atoms with Crippen molar-refractivity contribution in [2.75, 3.05) is 23.8 Å². The molecule has 2 heterocycles. The third kappa shape index (κ3) is 3.94. The lowest BCUT2D eigenvalue weighted by Crippen LogP contribution is -2.38. The number of carbonyl (C=O) groups excluding carboxylic acids is 1. The van der Waals surface area contributed by atoms with Crippen LogP contribution in [0.4, 0.5) is 11.4 Å². The number of Topliss-reactive ketones (excluding diaryl/α,β-unsaturated/α-hetero) is 1. The molecule has 0 bridgehead atoms. The second kappa shape index (κ2) is 8.85. The van der Waals surface area contributed by atoms with Crippen LogP contribution in [0.2, 0.25) is 5.02 Å². The Morgan fingerprint density at radius 3 is 2.50 bits per heavy atom. The molecule has 1 aliphatic rings. The Morgan fingerprint density at radius 2 is 1.81 bits per heavy atom. The quantitative estimate of drug-likeness (QED) is 0.494. The Hall–Kier alpha value is -3.01. The molecule has 4 rings (SSSR count). The molecule has 0 fully saturated rings. The Kier molecular flexibility index (Phi) is 6.14. The van der Waals surface area contributed by atoms with Crippen molar-refractivity contribution in [1.82, 2.24) is 0 Å². The minimum atomic E-state index is -4.12. The van der Waals surface area contributed by atoms with Gasteiger partial charge in [-0.3, -0.25) is 9.10 Å². The van der Waals surface area contributed by atoms with Gasteiger partial charge in [0.05, 0.1) is 37.2 Å². The van der Waals surface area contributed by atoms with Crippen LogP contribution in [-0.4, -0.2) is 28.4 Å². The fourth-order valence-corrected chi connectivity index (χ4v) is 6.05. The largest absolute Gasteiger partial charge is 0.495 e. The van der Waals surface area contributed by atoms with Gasteiger partial charge < -0.3 is 14.8 Å². The summed E-state index contributed by atoms with van der Waals surface area (Å²) in [6.07, 6.45) is 1.18. The van der Waals surface area contributed by atoms with Crippen LogP contribution in [0.15, 0.2) is 65.0 Å². The maximum atomic E-state index is 13.5. The Balaban J connectivity index is 1.75. The van der Waals surface area contributed by atoms with Crippen LogP contribution < -0.4 is 19.1 Å². The van der Waals surface area contributed by atoms with E-state index < -0.39 is 15.8 Å². The summed E-state index contributed by atoms with van der Waals surface area (Å²) in [7, 11) is -1.18. The highest BCUT2D eigenvalue weighted by Crippen LogP contribution is 2.40. The first-order valence-corrected chi connectivity index (χ1v) is 12.1. The zero-order valence-electron chi connectivity index (χ0n) is 17.2. The first-order valence-electron chi connectivity index (χ1n) is 9.44. The summed E-state index contributed by atoms with van der Waals surface area (Å²) in [5.41, 5.74) is 1.57. The molecule has 1 aromatic heterocycles. The number of sulfonamides is 1. The van der Waals surface area contributed by atoms with E-state index in [4.69, 9.17) is 21.1 Å². The summed E-state index contributed by atoms with van der Waals surface area (Å²) in [5, 5.41) is 4.88. The summed E-state index contributed by atoms with van der Waals surface area (Å²) < 4.78 is 38.7. The molecule has 0 atom stereocenters. The van der Waals surface area contributed by atoms with Gasteiger partial charge in [0.1, 0.15) is 16.4 Å². The standard InChI is InChI=1S/C22H19ClN2O5S2/c1-29-18-11-19(30-2)16(10-15(18)23)24-12-20-21(26)22-17(8-9-31-22)25(32(20,27)28)13-14-6-4-3-5-7-14/h3-12,24H,13H2,1-2H3/b20-12-. The number of allylic oxidation sites excluding steroid dienone is 1. The van der Waals surface area contributed by atoms with Crippen LogP contribution >= 0.6 is 22.9 Å². The van der Waals surface area contributed by atoms with E-state index in [0.29, 0.717) is 32.8 Å². The molecule has 0 aliphatic carbocycles. The molecule has 1 N–H and O–H groups in total. The van der Waals surface area contributed by atoms with Crippen molar-refractivity contribution >= 4 is 50.1 Å². The van der Waals surface area contributed by atoms with Crippen molar-refractivity contribution < 1.29 is 22.7 Å². The lowest BCUT2D eigenvalue weighted by atomic mass is 10.2. The molecule has 7 nitrogen and oxygen atoms in total. The number of ketones is 1. The van der Waals surface area contributed by atoms with Gasteiger partial charge in [0.25, 0.3) is 10.0 Å². The Bertz CT molecular complexity index is 1300. The number of fused-ring (bicyclic) bond motifs is 1. The molecule has 0 spiro atoms. The predicted molar refractivity (Wildman–Crippen MR) is 126 cm³/mol. The maximum absolute atomic E-state index is 13.5. The van der Waals surface area contributed by atoms with Gasteiger partial charge in [-0.2, -0.15) is 0 Å². The summed E-state index contributed by atoms with van der Waals surface area (Å²) >= 11 is 7.40. The van der Waals surface area contributed by atoms with E-state index in [2.05, 4.69) is 5.32 Å². The summed E-state index contributed by atoms with van der Waals surface area (Å²) in [6, 6.07) is 14.0. The number of carbonyl (C=O) groups is 1. The van der Waals surface area contributed by atoms with E-state index in [1.165, 1.54) is 42.1 Å². The van der Waals surface area contributed by atoms with E-state index in [0.717, 1.165) is 5.56 Å². The number of nitrogens with one attached hydrogen (secondary N) is 1. The summed E-state index contributed by atoms with van der Waals surface area (Å²) in [4.78, 5) is 13.1. The Labute approximate surface area is 194 Å². The minimum Gasteiger partial charge on any atom is -0.495 e. The van der Waals surface area contributed by atoms with Crippen LogP contribution in [0.5, 0.6) is 11.5 Å². The van der Waals surface area contributed by atoms with Crippen molar-refractivity contribution in [3.8, 4) is 11.5 Å². The van der Waals surface area contributed by atoms with Crippen LogP contribution in [-0.2, 0) is 16.6 Å². The van der Waals surface area contributed by atoms with Crippen LogP contribution in [0.25, 0.3) is 0 Å². The number of methoxy groups -OCH3 is 2. The van der Waals surface area contributed by atoms with Crippen molar-refractivity contribution in [2.45, 2.75) is 6.54 Å². The van der Waals surface area contributed by atoms with Gasteiger partial charge in [0, 0.05) is 12.3 Å². The average Bonchev–Trinajstić information content (AvgIpc) is 3.27. The number of hydrogen-bond donors (Lipinski definition) is 1. The predicted octanol–water partition coefficient (Wildman–Crippen LogP) is 4.90. The molecular weight excluding hydrogens is 472 g/mol. The number of hydrogen-bond acceptors (Lipinski definition) is 7. The number of rotatable bonds is 6. The summed E-state index contributed by atoms with van der Waals surface area (Å²) in [5.74, 6) is 0.215. The number of benzene rings is 2. The SMILES string of the molecule is COc1cc(OC)c(N/C=C2/C(=O)c3sccc3N(Cc3ccccc3)S2(=O)=O)cc1Cl. The molecule has 32 heavy (non-hydrogen) atoms. The number of halogens is 1. The van der Waals surface area contributed by atoms with E-state index in [-0.39, 0.29) is 11.4 Å². The monoisotopic (exact) mass is 490 g/mol. The van der Waals surface area contributed by atoms with Gasteiger partial charge >= 0.3 is 0 Å². The fourth-order valence-electron chi connectivity index (χ4n) is 3.32. The third-order valence-electron chi connectivity index (χ3n) is 4.91. The van der Waals surface area contributed by atoms with Crippen LogP contribution in [0.1, 0.15) is 15.2 Å². The van der Waals surface area contributed by atoms with Gasteiger partial charge in [0.15, 0.2) is 4.91 Å². The van der Waals surface area contributed by atoms with E-state index in [1.54, 1.807) is 17.5 Å². The lowest BCUT2D eigenvalue weighted by molar-refractivity contribution is 0.104. The second-order valence-electron chi connectivity index (χ2n) is 6.80. The molecule has 10 heteroatoms. The topological polar surface area (TPSA) is 84.9 Å². The number of ether oxygens (including phenoxy) is 2. The van der Waals surface area contributed by atoms with Gasteiger partial charge in [0.2, 0.25) is 5.78 Å². The van der Waals surface area contributed by atoms with Crippen molar-refractivity contribution in [1.29, 1.82) is 0 Å². The maximum Gasteiger partial charge on any atom is 0.270 e. The molecule has 0 unspecified atom stereocenters. The number of anilines is 2. The number of thiophene rings is 1. The molecule has 0 saturated carbocycles. The van der Waals surface area contributed by atoms with Gasteiger partial charge in [-0.1, -0.05) is 41.9 Å². The molecular formula is C22H19ClN2O5S2. The number of nitrogens with zero attached hydrogens (tertiary/aromatic N) is 1. The highest BCUT2D eigenvalue weighted by molar-refractivity contribution is 7.97. The third-order valence-corrected chi connectivity index (χ3v) is 7.88. The minimum absolute atomic E-state index is 0.106. The van der Waals surface area contributed by atoms with Crippen LogP contribution in [0, 0.1) is 0 Å². The first kappa shape index (κ1) is 22.2. The Morgan fingerprint density at radius 1 is 1.09 bits per heavy atom. The smallest absolute Gasteiger partial charge is 0.270 e. The van der Waals surface area contributed by atoms with Gasteiger partial charge in [-0.25, -0.2) is 8.42 Å². The highest BCUT2D eigenvalue weighted by Gasteiger charge is 2.41. The van der Waals surface area contributed by atoms with Crippen molar-refractivity contribution in [3.63, 3.8) is 0 Å². The molecule has 3 aromatic rings. The van der Waals surface area contributed by atoms with E-state index in [1.807, 2.05) is 30.3 Å². The molecule has 2 aromatic carbocycles. The second-order valence-corrected chi connectivity index (χ2v) is 9.96. The molecule has 166 valence electrons. The average molecular weight is 491 g/mol. The van der Waals surface area contributed by atoms with Crippen molar-refractivity contribution in [2.24, 2.45) is 0 Å². The zero-order chi connectivity index (χ0) is 22.9. The highest BCUT2D eigenvalue weighted by atomic mass is 35.5. The van der Waals surface area contributed by atoms with Crippen LogP contribution in [0.3, 0.4) is 0 Å². The first-order chi connectivity index (χ1) is 15.4. The van der Waals surface area contributed by atoms with Gasteiger partial charge in [-0.05, 0) is 23.1 Å². The molecule has 1 aliphatic heterocycles.